The fourth-order valence-electron chi connectivity index (χ4n) is 2.27. The number of rotatable bonds is 4. The molecule has 0 heterocycles. The van der Waals surface area contributed by atoms with Gasteiger partial charge in [-0.15, -0.1) is 0 Å². The zero-order valence-electron chi connectivity index (χ0n) is 12.2. The number of guanidine groups is 1. The van der Waals surface area contributed by atoms with Gasteiger partial charge in [0.25, 0.3) is 0 Å². The van der Waals surface area contributed by atoms with E-state index in [1.165, 1.54) is 22.3 Å². The smallest absolute Gasteiger partial charge is 0.191 e. The van der Waals surface area contributed by atoms with Crippen molar-refractivity contribution in [1.29, 1.82) is 0 Å². The van der Waals surface area contributed by atoms with Crippen molar-refractivity contribution in [3.63, 3.8) is 0 Å². The normalized spacial score (nSPS) is 11.7. The van der Waals surface area contributed by atoms with E-state index in [0.717, 1.165) is 13.1 Å². The highest BCUT2D eigenvalue weighted by Crippen LogP contribution is 2.17. The molecule has 100 valence electrons. The summed E-state index contributed by atoms with van der Waals surface area (Å²) in [6, 6.07) is 4.40. The number of aryl methyl sites for hydroxylation is 3. The molecule has 3 heteroatoms. The Bertz CT molecular complexity index is 408. The SMILES string of the molecule is CCN(CC)C(N)=NCc1c(C)cc(C)cc1C. The predicted octanol–water partition coefficient (Wildman–Crippen LogP) is 2.77. The first-order valence-electron chi connectivity index (χ1n) is 6.61. The van der Waals surface area contributed by atoms with Crippen molar-refractivity contribution in [2.75, 3.05) is 13.1 Å². The molecule has 2 N–H and O–H groups in total. The number of nitrogens with two attached hydrogens (primary N) is 1. The first-order valence-corrected chi connectivity index (χ1v) is 6.61. The molecule has 18 heavy (non-hydrogen) atoms. The van der Waals surface area contributed by atoms with Gasteiger partial charge in [0.2, 0.25) is 0 Å². The van der Waals surface area contributed by atoms with Crippen molar-refractivity contribution in [3.8, 4) is 0 Å². The predicted molar refractivity (Wildman–Crippen MR) is 78.9 cm³/mol. The molecule has 1 aromatic rings. The fourth-order valence-corrected chi connectivity index (χ4v) is 2.27. The lowest BCUT2D eigenvalue weighted by atomic mass is 10.00. The highest BCUT2D eigenvalue weighted by atomic mass is 15.2. The number of benzene rings is 1. The Morgan fingerprint density at radius 3 is 2.06 bits per heavy atom. The number of nitrogens with zero attached hydrogens (tertiary/aromatic N) is 2. The molecule has 0 aliphatic heterocycles. The summed E-state index contributed by atoms with van der Waals surface area (Å²) in [5, 5.41) is 0. The molecule has 0 atom stereocenters. The Morgan fingerprint density at radius 1 is 1.11 bits per heavy atom. The lowest BCUT2D eigenvalue weighted by molar-refractivity contribution is 0.458. The Kier molecular flexibility index (Phi) is 5.20. The van der Waals surface area contributed by atoms with E-state index in [1.807, 2.05) is 0 Å². The molecular weight excluding hydrogens is 222 g/mol. The van der Waals surface area contributed by atoms with E-state index in [-0.39, 0.29) is 0 Å². The molecule has 0 spiro atoms. The highest BCUT2D eigenvalue weighted by molar-refractivity contribution is 5.78. The minimum absolute atomic E-state index is 0.638. The summed E-state index contributed by atoms with van der Waals surface area (Å²) in [6.45, 7) is 13.0. The summed E-state index contributed by atoms with van der Waals surface area (Å²) in [5.74, 6) is 0.638. The van der Waals surface area contributed by atoms with E-state index in [0.29, 0.717) is 12.5 Å². The van der Waals surface area contributed by atoms with E-state index in [1.54, 1.807) is 0 Å². The quantitative estimate of drug-likeness (QED) is 0.656. The number of hydrogen-bond donors (Lipinski definition) is 1. The molecule has 0 saturated heterocycles. The zero-order chi connectivity index (χ0) is 13.7. The van der Waals surface area contributed by atoms with Crippen LogP contribution in [0.3, 0.4) is 0 Å². The minimum Gasteiger partial charge on any atom is -0.370 e. The van der Waals surface area contributed by atoms with Crippen molar-refractivity contribution in [2.45, 2.75) is 41.2 Å². The van der Waals surface area contributed by atoms with Gasteiger partial charge in [-0.05, 0) is 51.3 Å². The topological polar surface area (TPSA) is 41.6 Å². The van der Waals surface area contributed by atoms with E-state index in [4.69, 9.17) is 5.73 Å². The lowest BCUT2D eigenvalue weighted by Crippen LogP contribution is -2.37. The van der Waals surface area contributed by atoms with Crippen LogP contribution in [-0.2, 0) is 6.54 Å². The Balaban J connectivity index is 2.89. The molecule has 1 rings (SSSR count). The van der Waals surface area contributed by atoms with Gasteiger partial charge in [0, 0.05) is 13.1 Å². The van der Waals surface area contributed by atoms with Crippen molar-refractivity contribution in [1.82, 2.24) is 4.90 Å². The standard InChI is InChI=1S/C15H25N3/c1-6-18(7-2)15(16)17-10-14-12(4)8-11(3)9-13(14)5/h8-9H,6-7,10H2,1-5H3,(H2,16,17). The zero-order valence-corrected chi connectivity index (χ0v) is 12.2. The maximum atomic E-state index is 5.99. The van der Waals surface area contributed by atoms with Crippen LogP contribution in [0.5, 0.6) is 0 Å². The van der Waals surface area contributed by atoms with Gasteiger partial charge in [-0.2, -0.15) is 0 Å². The Hall–Kier alpha value is -1.51. The van der Waals surface area contributed by atoms with E-state index in [9.17, 15) is 0 Å². The summed E-state index contributed by atoms with van der Waals surface area (Å²) < 4.78 is 0. The van der Waals surface area contributed by atoms with E-state index in [2.05, 4.69) is 56.6 Å². The highest BCUT2D eigenvalue weighted by Gasteiger charge is 2.05. The second-order valence-electron chi connectivity index (χ2n) is 4.72. The molecular formula is C15H25N3. The molecule has 0 aromatic heterocycles. The van der Waals surface area contributed by atoms with Gasteiger partial charge in [-0.25, -0.2) is 4.99 Å². The molecule has 0 unspecified atom stereocenters. The third-order valence-corrected chi connectivity index (χ3v) is 3.33. The number of hydrogen-bond acceptors (Lipinski definition) is 1. The van der Waals surface area contributed by atoms with Crippen LogP contribution in [0.25, 0.3) is 0 Å². The maximum Gasteiger partial charge on any atom is 0.191 e. The van der Waals surface area contributed by atoms with Crippen molar-refractivity contribution in [2.24, 2.45) is 10.7 Å². The summed E-state index contributed by atoms with van der Waals surface area (Å²) in [7, 11) is 0. The third kappa shape index (κ3) is 3.49. The van der Waals surface area contributed by atoms with E-state index < -0.39 is 0 Å². The molecule has 0 aliphatic carbocycles. The van der Waals surface area contributed by atoms with Crippen LogP contribution in [0, 0.1) is 20.8 Å². The summed E-state index contributed by atoms with van der Waals surface area (Å²) >= 11 is 0. The van der Waals surface area contributed by atoms with Crippen LogP contribution in [0.1, 0.15) is 36.1 Å². The molecule has 0 fully saturated rings. The molecule has 1 aromatic carbocycles. The van der Waals surface area contributed by atoms with Crippen molar-refractivity contribution in [3.05, 3.63) is 34.4 Å². The van der Waals surface area contributed by atoms with Crippen LogP contribution in [0.4, 0.5) is 0 Å². The fraction of sp³-hybridized carbons (Fsp3) is 0.533. The van der Waals surface area contributed by atoms with Gasteiger partial charge >= 0.3 is 0 Å². The first kappa shape index (κ1) is 14.6. The van der Waals surface area contributed by atoms with Crippen LogP contribution in [0.15, 0.2) is 17.1 Å². The van der Waals surface area contributed by atoms with Crippen LogP contribution in [-0.4, -0.2) is 23.9 Å². The molecule has 0 radical (unpaired) electrons. The van der Waals surface area contributed by atoms with Gasteiger partial charge in [0.15, 0.2) is 5.96 Å². The minimum atomic E-state index is 0.638. The van der Waals surface area contributed by atoms with Gasteiger partial charge < -0.3 is 10.6 Å². The third-order valence-electron chi connectivity index (χ3n) is 3.33. The first-order chi connectivity index (χ1) is 8.49. The maximum absolute atomic E-state index is 5.99. The van der Waals surface area contributed by atoms with E-state index >= 15 is 0 Å². The van der Waals surface area contributed by atoms with Gasteiger partial charge in [0.05, 0.1) is 6.54 Å². The van der Waals surface area contributed by atoms with Crippen LogP contribution < -0.4 is 5.73 Å². The van der Waals surface area contributed by atoms with Crippen LogP contribution in [0.2, 0.25) is 0 Å². The largest absolute Gasteiger partial charge is 0.370 e. The Labute approximate surface area is 111 Å². The van der Waals surface area contributed by atoms with Crippen molar-refractivity contribution >= 4 is 5.96 Å². The van der Waals surface area contributed by atoms with Crippen molar-refractivity contribution < 1.29 is 0 Å². The number of aliphatic imine (C=N–C) groups is 1. The monoisotopic (exact) mass is 247 g/mol. The van der Waals surface area contributed by atoms with Gasteiger partial charge in [-0.3, -0.25) is 0 Å². The van der Waals surface area contributed by atoms with Gasteiger partial charge in [0.1, 0.15) is 0 Å². The molecule has 0 bridgehead atoms. The molecule has 0 saturated carbocycles. The second-order valence-corrected chi connectivity index (χ2v) is 4.72. The average molecular weight is 247 g/mol. The molecule has 3 nitrogen and oxygen atoms in total. The summed E-state index contributed by atoms with van der Waals surface area (Å²) in [4.78, 5) is 6.58. The summed E-state index contributed by atoms with van der Waals surface area (Å²) in [5.41, 5.74) is 11.2. The second kappa shape index (κ2) is 6.43. The lowest BCUT2D eigenvalue weighted by Gasteiger charge is -2.19. The summed E-state index contributed by atoms with van der Waals surface area (Å²) in [6.07, 6.45) is 0. The molecule has 0 aliphatic rings. The van der Waals surface area contributed by atoms with Crippen LogP contribution >= 0.6 is 0 Å². The van der Waals surface area contributed by atoms with Gasteiger partial charge in [-0.1, -0.05) is 17.7 Å². The Morgan fingerprint density at radius 2 is 1.61 bits per heavy atom. The molecule has 0 amide bonds. The average Bonchev–Trinajstić information content (AvgIpc) is 2.29.